The molecule has 150 valence electrons. The first-order valence-corrected chi connectivity index (χ1v) is 9.10. The van der Waals surface area contributed by atoms with Crippen molar-refractivity contribution in [1.29, 1.82) is 0 Å². The summed E-state index contributed by atoms with van der Waals surface area (Å²) in [6.07, 6.45) is 2.09. The summed E-state index contributed by atoms with van der Waals surface area (Å²) in [4.78, 5) is 49.5. The maximum Gasteiger partial charge on any atom is 0.321 e. The number of hydrogen-bond donors (Lipinski definition) is 0. The summed E-state index contributed by atoms with van der Waals surface area (Å²) in [6, 6.07) is 0. The molecule has 0 rings (SSSR count). The summed E-state index contributed by atoms with van der Waals surface area (Å²) in [5, 5.41) is 0. The lowest BCUT2D eigenvalue weighted by Gasteiger charge is -2.22. The van der Waals surface area contributed by atoms with E-state index in [0.717, 1.165) is 0 Å². The summed E-state index contributed by atoms with van der Waals surface area (Å²) in [6.45, 7) is 7.32. The van der Waals surface area contributed by atoms with Crippen LogP contribution in [-0.4, -0.2) is 50.3 Å². The van der Waals surface area contributed by atoms with Crippen LogP contribution in [0.15, 0.2) is 0 Å². The SMILES string of the molecule is CCCOC(=O)C(C(=O)OCCC)C(C(=O)OCCC)C(=O)OCCC. The van der Waals surface area contributed by atoms with Crippen LogP contribution < -0.4 is 0 Å². The van der Waals surface area contributed by atoms with Crippen LogP contribution in [0.3, 0.4) is 0 Å². The molecule has 0 amide bonds. The highest BCUT2D eigenvalue weighted by Gasteiger charge is 2.48. The predicted octanol–water partition coefficient (Wildman–Crippen LogP) is 2.03. The quantitative estimate of drug-likeness (QED) is 0.274. The maximum atomic E-state index is 12.4. The molecule has 0 N–H and O–H groups in total. The lowest BCUT2D eigenvalue weighted by atomic mass is 9.92. The average Bonchev–Trinajstić information content (AvgIpc) is 2.64. The van der Waals surface area contributed by atoms with Gasteiger partial charge in [0.2, 0.25) is 0 Å². The Kier molecular flexibility index (Phi) is 12.9. The van der Waals surface area contributed by atoms with E-state index in [1.54, 1.807) is 27.7 Å². The molecule has 0 unspecified atom stereocenters. The third kappa shape index (κ3) is 8.31. The molecular weight excluding hydrogens is 344 g/mol. The van der Waals surface area contributed by atoms with E-state index in [-0.39, 0.29) is 26.4 Å². The first-order chi connectivity index (χ1) is 12.4. The van der Waals surface area contributed by atoms with Crippen LogP contribution in [0.2, 0.25) is 0 Å². The highest BCUT2D eigenvalue weighted by Crippen LogP contribution is 2.21. The molecule has 0 heterocycles. The van der Waals surface area contributed by atoms with Gasteiger partial charge >= 0.3 is 23.9 Å². The molecule has 8 heteroatoms. The minimum Gasteiger partial charge on any atom is -0.465 e. The Bertz CT molecular complexity index is 378. The van der Waals surface area contributed by atoms with Gasteiger partial charge in [0.05, 0.1) is 26.4 Å². The van der Waals surface area contributed by atoms with Crippen molar-refractivity contribution in [1.82, 2.24) is 0 Å². The van der Waals surface area contributed by atoms with Gasteiger partial charge in [-0.25, -0.2) is 0 Å². The average molecular weight is 374 g/mol. The Morgan fingerprint density at radius 2 is 0.692 bits per heavy atom. The monoisotopic (exact) mass is 374 g/mol. The van der Waals surface area contributed by atoms with E-state index in [2.05, 4.69) is 0 Å². The van der Waals surface area contributed by atoms with Gasteiger partial charge in [-0.3, -0.25) is 19.2 Å². The van der Waals surface area contributed by atoms with Crippen LogP contribution in [0.25, 0.3) is 0 Å². The summed E-state index contributed by atoms with van der Waals surface area (Å²) in [5.41, 5.74) is 0. The lowest BCUT2D eigenvalue weighted by Crippen LogP contribution is -2.44. The zero-order valence-corrected chi connectivity index (χ0v) is 16.1. The normalized spacial score (nSPS) is 10.5. The highest BCUT2D eigenvalue weighted by molar-refractivity contribution is 6.07. The molecule has 0 radical (unpaired) electrons. The second-order valence-corrected chi connectivity index (χ2v) is 5.63. The number of hydrogen-bond acceptors (Lipinski definition) is 8. The van der Waals surface area contributed by atoms with Gasteiger partial charge in [-0.2, -0.15) is 0 Å². The van der Waals surface area contributed by atoms with E-state index in [1.807, 2.05) is 0 Å². The first kappa shape index (κ1) is 23.9. The summed E-state index contributed by atoms with van der Waals surface area (Å²) in [7, 11) is 0. The van der Waals surface area contributed by atoms with Gasteiger partial charge in [0.1, 0.15) is 0 Å². The molecule has 26 heavy (non-hydrogen) atoms. The van der Waals surface area contributed by atoms with Gasteiger partial charge in [0, 0.05) is 0 Å². The van der Waals surface area contributed by atoms with Crippen molar-refractivity contribution in [3.05, 3.63) is 0 Å². The molecule has 0 bridgehead atoms. The molecule has 0 aromatic rings. The summed E-state index contributed by atoms with van der Waals surface area (Å²) < 4.78 is 20.0. The van der Waals surface area contributed by atoms with Crippen molar-refractivity contribution in [3.8, 4) is 0 Å². The number of ether oxygens (including phenoxy) is 4. The van der Waals surface area contributed by atoms with Crippen LogP contribution in [0, 0.1) is 11.8 Å². The van der Waals surface area contributed by atoms with Crippen molar-refractivity contribution in [2.75, 3.05) is 26.4 Å². The Balaban J connectivity index is 5.62. The van der Waals surface area contributed by atoms with E-state index in [0.29, 0.717) is 25.7 Å². The number of rotatable bonds is 13. The topological polar surface area (TPSA) is 105 Å². The Hall–Kier alpha value is -2.12. The molecule has 0 aliphatic rings. The minimum absolute atomic E-state index is 0.0527. The number of carbonyl (C=O) groups excluding carboxylic acids is 4. The van der Waals surface area contributed by atoms with Gasteiger partial charge in [0.25, 0.3) is 0 Å². The fraction of sp³-hybridized carbons (Fsp3) is 0.778. The molecule has 0 atom stereocenters. The Morgan fingerprint density at radius 1 is 0.500 bits per heavy atom. The van der Waals surface area contributed by atoms with E-state index in [1.165, 1.54) is 0 Å². The van der Waals surface area contributed by atoms with Crippen molar-refractivity contribution in [2.45, 2.75) is 53.4 Å². The fourth-order valence-electron chi connectivity index (χ4n) is 1.91. The molecule has 0 saturated heterocycles. The second-order valence-electron chi connectivity index (χ2n) is 5.63. The van der Waals surface area contributed by atoms with Crippen LogP contribution in [0.1, 0.15) is 53.4 Å². The summed E-state index contributed by atoms with van der Waals surface area (Å²) in [5.74, 6) is -7.50. The molecule has 0 spiro atoms. The van der Waals surface area contributed by atoms with Gasteiger partial charge in [0.15, 0.2) is 11.8 Å². The Morgan fingerprint density at radius 3 is 0.846 bits per heavy atom. The lowest BCUT2D eigenvalue weighted by molar-refractivity contribution is -0.180. The maximum absolute atomic E-state index is 12.4. The van der Waals surface area contributed by atoms with Crippen molar-refractivity contribution in [3.63, 3.8) is 0 Å². The van der Waals surface area contributed by atoms with Crippen LogP contribution in [-0.2, 0) is 38.1 Å². The van der Waals surface area contributed by atoms with Gasteiger partial charge in [-0.1, -0.05) is 27.7 Å². The molecule has 0 aliphatic carbocycles. The third-order valence-electron chi connectivity index (χ3n) is 3.14. The second kappa shape index (κ2) is 14.1. The molecule has 0 aromatic heterocycles. The molecule has 0 fully saturated rings. The van der Waals surface area contributed by atoms with Crippen molar-refractivity contribution in [2.24, 2.45) is 11.8 Å². The van der Waals surface area contributed by atoms with E-state index in [4.69, 9.17) is 18.9 Å². The smallest absolute Gasteiger partial charge is 0.321 e. The highest BCUT2D eigenvalue weighted by atomic mass is 16.6. The van der Waals surface area contributed by atoms with E-state index < -0.39 is 35.7 Å². The zero-order chi connectivity index (χ0) is 19.9. The number of carbonyl (C=O) groups is 4. The fourth-order valence-corrected chi connectivity index (χ4v) is 1.91. The van der Waals surface area contributed by atoms with E-state index in [9.17, 15) is 19.2 Å². The van der Waals surface area contributed by atoms with Gasteiger partial charge < -0.3 is 18.9 Å². The van der Waals surface area contributed by atoms with Crippen molar-refractivity contribution >= 4 is 23.9 Å². The van der Waals surface area contributed by atoms with Crippen LogP contribution in [0.4, 0.5) is 0 Å². The molecule has 8 nitrogen and oxygen atoms in total. The first-order valence-electron chi connectivity index (χ1n) is 9.10. The molecule has 0 aliphatic heterocycles. The van der Waals surface area contributed by atoms with Gasteiger partial charge in [-0.05, 0) is 25.7 Å². The van der Waals surface area contributed by atoms with E-state index >= 15 is 0 Å². The molecule has 0 aromatic carbocycles. The Labute approximate surface area is 154 Å². The standard InChI is InChI=1S/C18H30O8/c1-5-9-23-15(19)13(16(20)24-10-6-2)14(17(21)25-11-7-3)18(22)26-12-8-4/h13-14H,5-12H2,1-4H3. The summed E-state index contributed by atoms with van der Waals surface area (Å²) >= 11 is 0. The molecular formula is C18H30O8. The van der Waals surface area contributed by atoms with Crippen LogP contribution >= 0.6 is 0 Å². The van der Waals surface area contributed by atoms with Gasteiger partial charge in [-0.15, -0.1) is 0 Å². The molecule has 0 saturated carbocycles. The van der Waals surface area contributed by atoms with Crippen molar-refractivity contribution < 1.29 is 38.1 Å². The zero-order valence-electron chi connectivity index (χ0n) is 16.1. The van der Waals surface area contributed by atoms with Crippen LogP contribution in [0.5, 0.6) is 0 Å². The minimum atomic E-state index is -1.75. The predicted molar refractivity (Wildman–Crippen MR) is 92.0 cm³/mol. The third-order valence-corrected chi connectivity index (χ3v) is 3.14. The number of esters is 4. The largest absolute Gasteiger partial charge is 0.465 e.